The van der Waals surface area contributed by atoms with Gasteiger partial charge in [-0.05, 0) is 68.1 Å². The second kappa shape index (κ2) is 16.3. The first-order valence-electron chi connectivity index (χ1n) is 16.4. The van der Waals surface area contributed by atoms with Crippen LogP contribution in [-0.4, -0.2) is 122 Å². The number of hydrogen-bond donors (Lipinski definition) is 1. The summed E-state index contributed by atoms with van der Waals surface area (Å²) in [5, 5.41) is 10.6. The zero-order chi connectivity index (χ0) is 34.3. The summed E-state index contributed by atoms with van der Waals surface area (Å²) in [7, 11) is 2.01. The lowest BCUT2D eigenvalue weighted by Gasteiger charge is -2.36. The molecule has 262 valence electrons. The molecule has 0 saturated carbocycles. The molecular weight excluding hydrogens is 620 g/mol. The highest BCUT2D eigenvalue weighted by Crippen LogP contribution is 2.28. The molecular formula is C34H48F4N4O5. The van der Waals surface area contributed by atoms with Gasteiger partial charge in [0.05, 0.1) is 19.1 Å². The van der Waals surface area contributed by atoms with Crippen molar-refractivity contribution < 1.29 is 41.7 Å². The molecule has 5 atom stereocenters. The number of carbonyl (C=O) groups is 2. The predicted octanol–water partition coefficient (Wildman–Crippen LogP) is 4.95. The van der Waals surface area contributed by atoms with E-state index in [4.69, 9.17) is 9.47 Å². The molecule has 1 amide bonds. The summed E-state index contributed by atoms with van der Waals surface area (Å²) in [6.45, 7) is 8.37. The number of piperazine rings is 2. The van der Waals surface area contributed by atoms with Crippen molar-refractivity contribution >= 4 is 23.8 Å². The second-order valence-corrected chi connectivity index (χ2v) is 13.2. The van der Waals surface area contributed by atoms with Crippen LogP contribution in [0.3, 0.4) is 0 Å². The second-order valence-electron chi connectivity index (χ2n) is 13.2. The fraction of sp³-hybridized carbons (Fsp3) is 0.647. The van der Waals surface area contributed by atoms with E-state index in [9.17, 15) is 32.3 Å². The number of ether oxygens (including phenoxy) is 2. The van der Waals surface area contributed by atoms with E-state index in [0.717, 1.165) is 13.1 Å². The number of rotatable bonds is 5. The summed E-state index contributed by atoms with van der Waals surface area (Å²) in [5.74, 6) is -1.53. The molecule has 0 spiro atoms. The van der Waals surface area contributed by atoms with Crippen LogP contribution in [0.25, 0.3) is 6.08 Å². The maximum absolute atomic E-state index is 14.8. The van der Waals surface area contributed by atoms with Crippen LogP contribution in [0.4, 0.5) is 28.0 Å². The summed E-state index contributed by atoms with van der Waals surface area (Å²) in [5.41, 5.74) is 1.70. The van der Waals surface area contributed by atoms with Gasteiger partial charge in [0.2, 0.25) is 0 Å². The van der Waals surface area contributed by atoms with E-state index in [1.807, 2.05) is 37.9 Å². The van der Waals surface area contributed by atoms with Gasteiger partial charge < -0.3 is 29.3 Å². The molecule has 4 rings (SSSR count). The van der Waals surface area contributed by atoms with E-state index >= 15 is 0 Å². The molecule has 3 heterocycles. The van der Waals surface area contributed by atoms with Crippen molar-refractivity contribution in [3.63, 3.8) is 0 Å². The summed E-state index contributed by atoms with van der Waals surface area (Å²) in [6, 6.07) is 4.48. The number of cyclic esters (lactones) is 1. The Bertz CT molecular complexity index is 1280. The topological polar surface area (TPSA) is 85.8 Å². The van der Waals surface area contributed by atoms with Crippen LogP contribution in [0.15, 0.2) is 35.9 Å². The minimum atomic E-state index is -4.27. The van der Waals surface area contributed by atoms with Crippen molar-refractivity contribution in [1.82, 2.24) is 14.7 Å². The highest BCUT2D eigenvalue weighted by molar-refractivity contribution is 5.71. The molecule has 1 N–H and O–H groups in total. The molecule has 1 aromatic carbocycles. The highest BCUT2D eigenvalue weighted by atomic mass is 19.4. The maximum atomic E-state index is 14.8. The average molecular weight is 669 g/mol. The Kier molecular flexibility index (Phi) is 12.7. The first-order valence-corrected chi connectivity index (χ1v) is 16.4. The van der Waals surface area contributed by atoms with Gasteiger partial charge in [0.25, 0.3) is 0 Å². The van der Waals surface area contributed by atoms with Crippen LogP contribution in [-0.2, 0) is 14.3 Å². The Morgan fingerprint density at radius 2 is 1.70 bits per heavy atom. The van der Waals surface area contributed by atoms with Crippen molar-refractivity contribution in [2.45, 2.75) is 64.5 Å². The number of alkyl halides is 3. The number of aliphatic hydroxyl groups is 1. The third-order valence-corrected chi connectivity index (χ3v) is 9.15. The Morgan fingerprint density at radius 3 is 2.36 bits per heavy atom. The van der Waals surface area contributed by atoms with E-state index < -0.39 is 42.8 Å². The summed E-state index contributed by atoms with van der Waals surface area (Å²) < 4.78 is 65.1. The molecule has 3 aliphatic heterocycles. The number of anilines is 1. The van der Waals surface area contributed by atoms with Gasteiger partial charge in [0.1, 0.15) is 18.0 Å². The Balaban J connectivity index is 1.52. The van der Waals surface area contributed by atoms with Crippen LogP contribution in [0.2, 0.25) is 0 Å². The molecule has 0 radical (unpaired) electrons. The van der Waals surface area contributed by atoms with Gasteiger partial charge in [-0.2, -0.15) is 13.2 Å². The van der Waals surface area contributed by atoms with E-state index in [0.29, 0.717) is 55.8 Å². The molecule has 0 bridgehead atoms. The van der Waals surface area contributed by atoms with Gasteiger partial charge in [-0.3, -0.25) is 9.69 Å². The fourth-order valence-corrected chi connectivity index (χ4v) is 6.25. The maximum Gasteiger partial charge on any atom is 0.410 e. The monoisotopic (exact) mass is 668 g/mol. The zero-order valence-electron chi connectivity index (χ0n) is 27.7. The minimum absolute atomic E-state index is 0.115. The number of nitrogens with zero attached hydrogens (tertiary/aromatic N) is 4. The molecule has 1 aromatic rings. The molecule has 47 heavy (non-hydrogen) atoms. The van der Waals surface area contributed by atoms with Crippen LogP contribution < -0.4 is 4.90 Å². The van der Waals surface area contributed by atoms with Crippen molar-refractivity contribution in [2.75, 3.05) is 70.9 Å². The molecule has 13 heteroatoms. The zero-order valence-corrected chi connectivity index (χ0v) is 27.7. The Labute approximate surface area is 274 Å². The standard InChI is InChI=1S/C34H48F4N4O5/c1-23-5-7-29(43)21-31(44)47-32(24(2)6-8-30(23)46-33(45)42-13-9-39(4)10-14-42)25(3)17-26-18-27(35)20-28(19-26)41-15-11-40(12-16-41)22-34(36,37)38/h6,8,17-20,23-24,29-30,32,43H,5,7,9-16,21-22H2,1-4H3/b8-6?,25-17+/t23-,24-,29+,30-,32-/m0/s1. The smallest absolute Gasteiger partial charge is 0.410 e. The number of esters is 1. The number of benzene rings is 1. The number of halogens is 4. The third-order valence-electron chi connectivity index (χ3n) is 9.15. The predicted molar refractivity (Wildman–Crippen MR) is 171 cm³/mol. The van der Waals surface area contributed by atoms with Crippen molar-refractivity contribution in [1.29, 1.82) is 0 Å². The molecule has 3 aliphatic rings. The molecule has 0 aromatic heterocycles. The SMILES string of the molecule is C/C(=C\c1cc(F)cc(N2CCN(CC(F)(F)F)CC2)c1)[C@H]1OC(=O)C[C@H](O)CC[C@H](C)[C@@H](OC(=O)N2CCN(C)CC2)C=C[C@@H]1C. The molecule has 0 aliphatic carbocycles. The van der Waals surface area contributed by atoms with Gasteiger partial charge in [-0.1, -0.05) is 26.0 Å². The van der Waals surface area contributed by atoms with Crippen molar-refractivity contribution in [3.05, 3.63) is 47.3 Å². The number of amides is 1. The quantitative estimate of drug-likeness (QED) is 0.268. The summed E-state index contributed by atoms with van der Waals surface area (Å²) in [6.07, 6.45) is -0.806. The Morgan fingerprint density at radius 1 is 1.02 bits per heavy atom. The number of carbonyl (C=O) groups excluding carboxylic acids is 2. The van der Waals surface area contributed by atoms with Crippen LogP contribution >= 0.6 is 0 Å². The number of hydrogen-bond acceptors (Lipinski definition) is 8. The van der Waals surface area contributed by atoms with Gasteiger partial charge in [-0.25, -0.2) is 9.18 Å². The third kappa shape index (κ3) is 11.2. The normalized spacial score (nSPS) is 28.0. The lowest BCUT2D eigenvalue weighted by Crippen LogP contribution is -2.49. The lowest BCUT2D eigenvalue weighted by atomic mass is 9.91. The summed E-state index contributed by atoms with van der Waals surface area (Å²) >= 11 is 0. The molecule has 9 nitrogen and oxygen atoms in total. The van der Waals surface area contributed by atoms with Crippen LogP contribution in [0.5, 0.6) is 0 Å². The first kappa shape index (κ1) is 36.7. The van der Waals surface area contributed by atoms with E-state index in [1.54, 1.807) is 24.0 Å². The minimum Gasteiger partial charge on any atom is -0.457 e. The van der Waals surface area contributed by atoms with Gasteiger partial charge >= 0.3 is 18.2 Å². The summed E-state index contributed by atoms with van der Waals surface area (Å²) in [4.78, 5) is 33.0. The molecule has 2 saturated heterocycles. The molecule has 0 unspecified atom stereocenters. The van der Waals surface area contributed by atoms with E-state index in [-0.39, 0.29) is 37.4 Å². The number of likely N-dealkylation sites (N-methyl/N-ethyl adjacent to an activating group) is 1. The first-order chi connectivity index (χ1) is 22.2. The Hall–Kier alpha value is -3.16. The molecule has 2 fully saturated rings. The average Bonchev–Trinajstić information content (AvgIpc) is 2.99. The van der Waals surface area contributed by atoms with Crippen LogP contribution in [0, 0.1) is 17.7 Å². The van der Waals surface area contributed by atoms with Gasteiger partial charge in [0, 0.05) is 64.0 Å². The number of aliphatic hydroxyl groups excluding tert-OH is 1. The van der Waals surface area contributed by atoms with E-state index in [1.165, 1.54) is 17.0 Å². The van der Waals surface area contributed by atoms with E-state index in [2.05, 4.69) is 4.90 Å². The largest absolute Gasteiger partial charge is 0.457 e. The fourth-order valence-electron chi connectivity index (χ4n) is 6.25. The van der Waals surface area contributed by atoms with Gasteiger partial charge in [0.15, 0.2) is 0 Å². The van der Waals surface area contributed by atoms with Crippen LogP contribution in [0.1, 0.15) is 45.6 Å². The highest BCUT2D eigenvalue weighted by Gasteiger charge is 2.33. The van der Waals surface area contributed by atoms with Crippen molar-refractivity contribution in [2.24, 2.45) is 11.8 Å². The van der Waals surface area contributed by atoms with Gasteiger partial charge in [-0.15, -0.1) is 0 Å². The lowest BCUT2D eigenvalue weighted by molar-refractivity contribution is -0.151. The van der Waals surface area contributed by atoms with Crippen molar-refractivity contribution in [3.8, 4) is 0 Å².